The van der Waals surface area contributed by atoms with Crippen molar-refractivity contribution in [2.24, 2.45) is 0 Å². The van der Waals surface area contributed by atoms with E-state index in [0.717, 1.165) is 39.9 Å². The van der Waals surface area contributed by atoms with Crippen LogP contribution < -0.4 is 5.32 Å². The van der Waals surface area contributed by atoms with Crippen molar-refractivity contribution >= 4 is 34.9 Å². The van der Waals surface area contributed by atoms with E-state index < -0.39 is 22.9 Å². The van der Waals surface area contributed by atoms with E-state index in [1.165, 1.54) is 24.3 Å². The second-order valence-electron chi connectivity index (χ2n) is 9.40. The molecule has 3 N–H and O–H groups in total. The Morgan fingerprint density at radius 2 is 1.76 bits per heavy atom. The van der Waals surface area contributed by atoms with E-state index in [1.54, 1.807) is 18.2 Å². The van der Waals surface area contributed by atoms with Crippen LogP contribution in [0.15, 0.2) is 54.6 Å². The molecule has 38 heavy (non-hydrogen) atoms. The zero-order valence-corrected chi connectivity index (χ0v) is 21.6. The Labute approximate surface area is 227 Å². The lowest BCUT2D eigenvalue weighted by molar-refractivity contribution is -0.137. The number of aromatic amines is 1. The molecule has 0 spiro atoms. The third-order valence-corrected chi connectivity index (χ3v) is 7.31. The van der Waals surface area contributed by atoms with Gasteiger partial charge in [-0.1, -0.05) is 35.9 Å². The fraction of sp³-hybridized carbons (Fsp3) is 0.286. The normalized spacial score (nSPS) is 16.2. The number of alkyl halides is 3. The Kier molecular flexibility index (Phi) is 8.37. The molecule has 0 saturated heterocycles. The molecule has 0 aliphatic carbocycles. The fourth-order valence-corrected chi connectivity index (χ4v) is 5.31. The number of rotatable bonds is 6. The quantitative estimate of drug-likeness (QED) is 0.205. The smallest absolute Gasteiger partial charge is 0.388 e. The van der Waals surface area contributed by atoms with Gasteiger partial charge in [-0.2, -0.15) is 13.2 Å². The summed E-state index contributed by atoms with van der Waals surface area (Å²) < 4.78 is 67.5. The van der Waals surface area contributed by atoms with Crippen LogP contribution >= 0.6 is 24.0 Å². The van der Waals surface area contributed by atoms with E-state index in [4.69, 9.17) is 11.6 Å². The number of hydrogen-bond donors (Lipinski definition) is 3. The van der Waals surface area contributed by atoms with E-state index in [0.29, 0.717) is 37.7 Å². The van der Waals surface area contributed by atoms with Gasteiger partial charge in [0.2, 0.25) is 0 Å². The van der Waals surface area contributed by atoms with Gasteiger partial charge in [-0.05, 0) is 71.8 Å². The first kappa shape index (κ1) is 28.4. The van der Waals surface area contributed by atoms with E-state index >= 15 is 0 Å². The molecular weight excluding hydrogens is 546 g/mol. The summed E-state index contributed by atoms with van der Waals surface area (Å²) in [7, 11) is 0. The van der Waals surface area contributed by atoms with Crippen molar-refractivity contribution in [2.45, 2.75) is 50.6 Å². The van der Waals surface area contributed by atoms with Crippen molar-refractivity contribution in [1.82, 2.24) is 10.3 Å². The number of aromatic nitrogens is 1. The minimum atomic E-state index is -4.59. The van der Waals surface area contributed by atoms with E-state index in [1.807, 2.05) is 0 Å². The predicted octanol–water partition coefficient (Wildman–Crippen LogP) is 8.13. The number of halogens is 7. The maximum absolute atomic E-state index is 14.7. The molecule has 10 heteroatoms. The number of nitrogens with one attached hydrogen (secondary N) is 2. The summed E-state index contributed by atoms with van der Waals surface area (Å²) in [6.07, 6.45) is -3.47. The topological polar surface area (TPSA) is 48.0 Å². The Bertz CT molecular complexity index is 1440. The van der Waals surface area contributed by atoms with E-state index in [9.17, 15) is 27.1 Å². The monoisotopic (exact) mass is 570 g/mol. The molecule has 1 aromatic heterocycles. The highest BCUT2D eigenvalue weighted by Gasteiger charge is 2.34. The Balaban J connectivity index is 0.00000336. The summed E-state index contributed by atoms with van der Waals surface area (Å²) in [5.74, 6) is -0.708. The van der Waals surface area contributed by atoms with Crippen molar-refractivity contribution in [1.29, 1.82) is 0 Å². The first-order chi connectivity index (χ1) is 17.6. The van der Waals surface area contributed by atoms with Gasteiger partial charge in [0.15, 0.2) is 0 Å². The molecule has 5 rings (SSSR count). The maximum Gasteiger partial charge on any atom is 0.417 e. The molecule has 2 unspecified atom stereocenters. The lowest BCUT2D eigenvalue weighted by atomic mass is 9.93. The second kappa shape index (κ2) is 11.2. The summed E-state index contributed by atoms with van der Waals surface area (Å²) in [6, 6.07) is 12.7. The standard InChI is InChI=1S/C28H24ClF5N2O.ClH/c29-22-10-6-16(12-21(22)28(32,33)34)25(37)3-1-2-18-13-24-20(14-35-18)26-19(9-11-23(31)27(26)36-24)15-4-7-17(30)8-5-15;/h4-12,18,25,35-37H,1-3,13-14H2;1H. The lowest BCUT2D eigenvalue weighted by Gasteiger charge is -2.25. The average Bonchev–Trinajstić information content (AvgIpc) is 3.24. The zero-order valence-electron chi connectivity index (χ0n) is 20.0. The minimum absolute atomic E-state index is 0. The van der Waals surface area contributed by atoms with Crippen molar-refractivity contribution in [3.63, 3.8) is 0 Å². The average molecular weight is 571 g/mol. The maximum atomic E-state index is 14.7. The molecule has 0 bridgehead atoms. The molecule has 3 aromatic carbocycles. The highest BCUT2D eigenvalue weighted by molar-refractivity contribution is 6.31. The molecule has 0 radical (unpaired) electrons. The first-order valence-corrected chi connectivity index (χ1v) is 12.4. The second-order valence-corrected chi connectivity index (χ2v) is 9.81. The van der Waals surface area contributed by atoms with Crippen molar-refractivity contribution in [3.05, 3.63) is 93.6 Å². The largest absolute Gasteiger partial charge is 0.417 e. The number of H-pyrrole nitrogens is 1. The van der Waals surface area contributed by atoms with Crippen LogP contribution in [0, 0.1) is 11.6 Å². The SMILES string of the molecule is Cl.OC(CCCC1Cc2[nH]c3c(F)ccc(-c4ccc(F)cc4)c3c2CN1)c1ccc(Cl)c(C(F)(F)F)c1. The summed E-state index contributed by atoms with van der Waals surface area (Å²) in [6.45, 7) is 0.506. The molecule has 202 valence electrons. The van der Waals surface area contributed by atoms with Gasteiger partial charge in [-0.25, -0.2) is 8.78 Å². The van der Waals surface area contributed by atoms with Gasteiger partial charge in [0.05, 0.1) is 22.2 Å². The van der Waals surface area contributed by atoms with E-state index in [2.05, 4.69) is 10.3 Å². The molecule has 3 nitrogen and oxygen atoms in total. The Hall–Kier alpha value is -2.65. The van der Waals surface area contributed by atoms with Crippen LogP contribution in [0.3, 0.4) is 0 Å². The summed E-state index contributed by atoms with van der Waals surface area (Å²) in [5, 5.41) is 14.3. The molecule has 2 atom stereocenters. The van der Waals surface area contributed by atoms with Crippen molar-refractivity contribution in [2.75, 3.05) is 0 Å². The number of benzene rings is 3. The molecule has 4 aromatic rings. The lowest BCUT2D eigenvalue weighted by Crippen LogP contribution is -2.35. The van der Waals surface area contributed by atoms with Gasteiger partial charge >= 0.3 is 6.18 Å². The molecule has 2 heterocycles. The number of aliphatic hydroxyl groups is 1. The number of hydrogen-bond acceptors (Lipinski definition) is 2. The third kappa shape index (κ3) is 5.69. The van der Waals surface area contributed by atoms with Crippen LogP contribution in [-0.4, -0.2) is 16.1 Å². The van der Waals surface area contributed by atoms with Gasteiger partial charge in [-0.3, -0.25) is 0 Å². The Morgan fingerprint density at radius 1 is 1.03 bits per heavy atom. The highest BCUT2D eigenvalue weighted by atomic mass is 35.5. The van der Waals surface area contributed by atoms with E-state index in [-0.39, 0.29) is 35.6 Å². The highest BCUT2D eigenvalue weighted by Crippen LogP contribution is 2.38. The van der Waals surface area contributed by atoms with Crippen LogP contribution in [-0.2, 0) is 19.1 Å². The first-order valence-electron chi connectivity index (χ1n) is 12.0. The number of aliphatic hydroxyl groups excluding tert-OH is 1. The third-order valence-electron chi connectivity index (χ3n) is 6.98. The summed E-state index contributed by atoms with van der Waals surface area (Å²) in [4.78, 5) is 3.23. The summed E-state index contributed by atoms with van der Waals surface area (Å²) >= 11 is 5.67. The van der Waals surface area contributed by atoms with Gasteiger partial charge < -0.3 is 15.4 Å². The molecule has 0 amide bonds. The van der Waals surface area contributed by atoms with Crippen molar-refractivity contribution < 1.29 is 27.1 Å². The van der Waals surface area contributed by atoms with Gasteiger partial charge in [0, 0.05) is 30.1 Å². The molecule has 0 saturated carbocycles. The number of fused-ring (bicyclic) bond motifs is 3. The van der Waals surface area contributed by atoms with Crippen LogP contribution in [0.1, 0.15) is 47.8 Å². The van der Waals surface area contributed by atoms with Crippen LogP contribution in [0.25, 0.3) is 22.0 Å². The van der Waals surface area contributed by atoms with Crippen LogP contribution in [0.5, 0.6) is 0 Å². The van der Waals surface area contributed by atoms with Gasteiger partial charge in [0.25, 0.3) is 0 Å². The molecular formula is C28H25Cl2F5N2O. The molecule has 1 aliphatic heterocycles. The summed E-state index contributed by atoms with van der Waals surface area (Å²) in [5.41, 5.74) is 3.12. The predicted molar refractivity (Wildman–Crippen MR) is 140 cm³/mol. The minimum Gasteiger partial charge on any atom is -0.388 e. The van der Waals surface area contributed by atoms with Crippen LogP contribution in [0.2, 0.25) is 5.02 Å². The zero-order chi connectivity index (χ0) is 26.3. The van der Waals surface area contributed by atoms with Crippen LogP contribution in [0.4, 0.5) is 22.0 Å². The van der Waals surface area contributed by atoms with Gasteiger partial charge in [-0.15, -0.1) is 12.4 Å². The Morgan fingerprint density at radius 3 is 2.47 bits per heavy atom. The van der Waals surface area contributed by atoms with Gasteiger partial charge in [0.1, 0.15) is 11.6 Å². The van der Waals surface area contributed by atoms with Crippen molar-refractivity contribution in [3.8, 4) is 11.1 Å². The molecule has 0 fully saturated rings. The fourth-order valence-electron chi connectivity index (χ4n) is 5.09. The molecule has 1 aliphatic rings.